The van der Waals surface area contributed by atoms with Crippen LogP contribution in [0.25, 0.3) is 0 Å². The Hall–Kier alpha value is -0.500. The highest BCUT2D eigenvalue weighted by Gasteiger charge is 2.00. The van der Waals surface area contributed by atoms with Crippen molar-refractivity contribution in [3.05, 3.63) is 11.8 Å². The van der Waals surface area contributed by atoms with E-state index in [0.29, 0.717) is 0 Å². The van der Waals surface area contributed by atoms with Gasteiger partial charge >= 0.3 is 0 Å². The molecule has 0 aromatic carbocycles. The molecule has 0 spiro atoms. The van der Waals surface area contributed by atoms with Crippen molar-refractivity contribution in [1.29, 1.82) is 0 Å². The standard InChI is InChI=1S/C9H18N2/c10-7-8-11-9-5-3-1-2-4-6-9/h5,11H,1-4,6-8,10H2. The average Bonchev–Trinajstić information content (AvgIpc) is 2.28. The van der Waals surface area contributed by atoms with E-state index in [4.69, 9.17) is 5.73 Å². The van der Waals surface area contributed by atoms with Crippen LogP contribution >= 0.6 is 0 Å². The van der Waals surface area contributed by atoms with Crippen molar-refractivity contribution < 1.29 is 0 Å². The second-order valence-electron chi connectivity index (χ2n) is 3.04. The third kappa shape index (κ3) is 3.42. The fourth-order valence-corrected chi connectivity index (χ4v) is 1.41. The average molecular weight is 154 g/mol. The summed E-state index contributed by atoms with van der Waals surface area (Å²) in [6.07, 6.45) is 8.86. The Balaban J connectivity index is 2.23. The molecule has 0 fully saturated rings. The number of rotatable bonds is 3. The Morgan fingerprint density at radius 2 is 2.27 bits per heavy atom. The predicted octanol–water partition coefficient (Wildman–Crippen LogP) is 1.38. The van der Waals surface area contributed by atoms with E-state index < -0.39 is 0 Å². The molecule has 0 aromatic rings. The maximum atomic E-state index is 5.40. The molecule has 0 atom stereocenters. The van der Waals surface area contributed by atoms with Crippen molar-refractivity contribution in [2.75, 3.05) is 13.1 Å². The SMILES string of the molecule is NCCNC1=CCCCCC1. The lowest BCUT2D eigenvalue weighted by Gasteiger charge is -2.06. The lowest BCUT2D eigenvalue weighted by molar-refractivity contribution is 0.682. The second kappa shape index (κ2) is 5.19. The van der Waals surface area contributed by atoms with E-state index in [2.05, 4.69) is 11.4 Å². The van der Waals surface area contributed by atoms with Crippen molar-refractivity contribution in [1.82, 2.24) is 5.32 Å². The van der Waals surface area contributed by atoms with Gasteiger partial charge in [0.1, 0.15) is 0 Å². The number of allylic oxidation sites excluding steroid dienone is 2. The fraction of sp³-hybridized carbons (Fsp3) is 0.778. The molecule has 0 amide bonds. The van der Waals surface area contributed by atoms with Crippen molar-refractivity contribution in [3.8, 4) is 0 Å². The molecule has 1 aliphatic rings. The number of hydrogen-bond acceptors (Lipinski definition) is 2. The molecular formula is C9H18N2. The van der Waals surface area contributed by atoms with Gasteiger partial charge in [-0.05, 0) is 25.7 Å². The number of nitrogens with one attached hydrogen (secondary N) is 1. The monoisotopic (exact) mass is 154 g/mol. The number of hydrogen-bond donors (Lipinski definition) is 2. The molecule has 0 aliphatic heterocycles. The molecule has 0 saturated heterocycles. The molecule has 1 aliphatic carbocycles. The summed E-state index contributed by atoms with van der Waals surface area (Å²) in [5.74, 6) is 0. The van der Waals surface area contributed by atoms with E-state index in [-0.39, 0.29) is 0 Å². The third-order valence-corrected chi connectivity index (χ3v) is 2.04. The molecule has 0 heterocycles. The Labute approximate surface area is 68.9 Å². The largest absolute Gasteiger partial charge is 0.387 e. The summed E-state index contributed by atoms with van der Waals surface area (Å²) < 4.78 is 0. The van der Waals surface area contributed by atoms with E-state index in [1.165, 1.54) is 37.8 Å². The first kappa shape index (κ1) is 8.60. The molecule has 2 nitrogen and oxygen atoms in total. The minimum atomic E-state index is 0.733. The zero-order chi connectivity index (χ0) is 7.94. The summed E-state index contributed by atoms with van der Waals surface area (Å²) in [6, 6.07) is 0. The molecule has 1 rings (SSSR count). The van der Waals surface area contributed by atoms with Gasteiger partial charge in [0.15, 0.2) is 0 Å². The van der Waals surface area contributed by atoms with Crippen LogP contribution in [0.2, 0.25) is 0 Å². The minimum Gasteiger partial charge on any atom is -0.387 e. The third-order valence-electron chi connectivity index (χ3n) is 2.04. The maximum Gasteiger partial charge on any atom is 0.0266 e. The lowest BCUT2D eigenvalue weighted by Crippen LogP contribution is -2.21. The number of nitrogens with two attached hydrogens (primary N) is 1. The molecule has 0 saturated carbocycles. The van der Waals surface area contributed by atoms with Crippen LogP contribution in [0.3, 0.4) is 0 Å². The Kier molecular flexibility index (Phi) is 4.06. The first-order valence-corrected chi connectivity index (χ1v) is 4.56. The summed E-state index contributed by atoms with van der Waals surface area (Å²) >= 11 is 0. The van der Waals surface area contributed by atoms with Gasteiger partial charge in [-0.25, -0.2) is 0 Å². The molecule has 0 radical (unpaired) electrons. The minimum absolute atomic E-state index is 0.733. The second-order valence-corrected chi connectivity index (χ2v) is 3.04. The first-order chi connectivity index (χ1) is 5.43. The maximum absolute atomic E-state index is 5.40. The van der Waals surface area contributed by atoms with Crippen molar-refractivity contribution >= 4 is 0 Å². The van der Waals surface area contributed by atoms with Crippen LogP contribution in [-0.2, 0) is 0 Å². The Morgan fingerprint density at radius 3 is 3.09 bits per heavy atom. The van der Waals surface area contributed by atoms with Crippen molar-refractivity contribution in [2.24, 2.45) is 5.73 Å². The van der Waals surface area contributed by atoms with E-state index in [0.717, 1.165) is 13.1 Å². The smallest absolute Gasteiger partial charge is 0.0266 e. The molecule has 0 unspecified atom stereocenters. The van der Waals surface area contributed by atoms with Crippen LogP contribution in [0.1, 0.15) is 32.1 Å². The molecule has 11 heavy (non-hydrogen) atoms. The van der Waals surface area contributed by atoms with Gasteiger partial charge in [0.25, 0.3) is 0 Å². The first-order valence-electron chi connectivity index (χ1n) is 4.56. The predicted molar refractivity (Wildman–Crippen MR) is 48.2 cm³/mol. The zero-order valence-corrected chi connectivity index (χ0v) is 7.10. The van der Waals surface area contributed by atoms with Gasteiger partial charge < -0.3 is 11.1 Å². The summed E-state index contributed by atoms with van der Waals surface area (Å²) in [4.78, 5) is 0. The van der Waals surface area contributed by atoms with Gasteiger partial charge in [-0.15, -0.1) is 0 Å². The van der Waals surface area contributed by atoms with Crippen molar-refractivity contribution in [2.45, 2.75) is 32.1 Å². The Bertz CT molecular complexity index is 130. The topological polar surface area (TPSA) is 38.0 Å². The normalized spacial score (nSPS) is 18.8. The Morgan fingerprint density at radius 1 is 1.36 bits per heavy atom. The van der Waals surface area contributed by atoms with Gasteiger partial charge in [0, 0.05) is 18.8 Å². The van der Waals surface area contributed by atoms with Gasteiger partial charge in [0.2, 0.25) is 0 Å². The quantitative estimate of drug-likeness (QED) is 0.644. The zero-order valence-electron chi connectivity index (χ0n) is 7.10. The van der Waals surface area contributed by atoms with Gasteiger partial charge in [-0.2, -0.15) is 0 Å². The van der Waals surface area contributed by atoms with Crippen LogP contribution < -0.4 is 11.1 Å². The van der Waals surface area contributed by atoms with Gasteiger partial charge in [-0.1, -0.05) is 12.5 Å². The van der Waals surface area contributed by atoms with Crippen LogP contribution in [0.4, 0.5) is 0 Å². The summed E-state index contributed by atoms with van der Waals surface area (Å²) in [5.41, 5.74) is 6.81. The fourth-order valence-electron chi connectivity index (χ4n) is 1.41. The van der Waals surface area contributed by atoms with E-state index >= 15 is 0 Å². The lowest BCUT2D eigenvalue weighted by atomic mass is 10.2. The summed E-state index contributed by atoms with van der Waals surface area (Å²) in [5, 5.41) is 3.35. The molecular weight excluding hydrogens is 136 g/mol. The summed E-state index contributed by atoms with van der Waals surface area (Å²) in [7, 11) is 0. The van der Waals surface area contributed by atoms with Crippen LogP contribution in [0, 0.1) is 0 Å². The highest BCUT2D eigenvalue weighted by molar-refractivity contribution is 5.00. The van der Waals surface area contributed by atoms with Crippen LogP contribution in [0.5, 0.6) is 0 Å². The van der Waals surface area contributed by atoms with Gasteiger partial charge in [-0.3, -0.25) is 0 Å². The summed E-state index contributed by atoms with van der Waals surface area (Å²) in [6.45, 7) is 1.66. The molecule has 2 heteroatoms. The van der Waals surface area contributed by atoms with Crippen LogP contribution in [-0.4, -0.2) is 13.1 Å². The van der Waals surface area contributed by atoms with E-state index in [1.807, 2.05) is 0 Å². The van der Waals surface area contributed by atoms with Crippen molar-refractivity contribution in [3.63, 3.8) is 0 Å². The van der Waals surface area contributed by atoms with Gasteiger partial charge in [0.05, 0.1) is 0 Å². The van der Waals surface area contributed by atoms with E-state index in [9.17, 15) is 0 Å². The molecule has 3 N–H and O–H groups in total. The molecule has 0 bridgehead atoms. The highest BCUT2D eigenvalue weighted by Crippen LogP contribution is 2.14. The highest BCUT2D eigenvalue weighted by atomic mass is 14.9. The van der Waals surface area contributed by atoms with E-state index in [1.54, 1.807) is 0 Å². The molecule has 0 aromatic heterocycles. The molecule has 64 valence electrons. The van der Waals surface area contributed by atoms with Crippen LogP contribution in [0.15, 0.2) is 11.8 Å².